The van der Waals surface area contributed by atoms with E-state index in [9.17, 15) is 9.18 Å². The minimum absolute atomic E-state index is 0.105. The number of rotatable bonds is 7. The number of hydrogen-bond acceptors (Lipinski definition) is 2. The molecule has 0 atom stereocenters. The summed E-state index contributed by atoms with van der Waals surface area (Å²) in [4.78, 5) is 13.8. The van der Waals surface area contributed by atoms with Crippen LogP contribution in [0.1, 0.15) is 19.4 Å². The second kappa shape index (κ2) is 7.69. The molecule has 0 spiro atoms. The van der Waals surface area contributed by atoms with Gasteiger partial charge in [-0.25, -0.2) is 4.39 Å². The normalized spacial score (nSPS) is 10.5. The van der Waals surface area contributed by atoms with Crippen LogP contribution >= 0.6 is 0 Å². The molecule has 0 fully saturated rings. The van der Waals surface area contributed by atoms with Gasteiger partial charge >= 0.3 is 0 Å². The number of carbonyl (C=O) groups excluding carboxylic acids is 1. The van der Waals surface area contributed by atoms with Crippen molar-refractivity contribution in [3.63, 3.8) is 0 Å². The van der Waals surface area contributed by atoms with Crippen LogP contribution in [0.3, 0.4) is 0 Å². The van der Waals surface area contributed by atoms with Crippen molar-refractivity contribution in [2.45, 2.75) is 20.4 Å². The summed E-state index contributed by atoms with van der Waals surface area (Å²) >= 11 is 0. The highest BCUT2D eigenvalue weighted by molar-refractivity contribution is 5.78. The number of nitrogens with zero attached hydrogens (tertiary/aromatic N) is 1. The lowest BCUT2D eigenvalue weighted by Crippen LogP contribution is -2.37. The number of carbonyl (C=O) groups is 1. The Bertz CT molecular complexity index is 446. The Hall–Kier alpha value is -1.68. The first kappa shape index (κ1) is 15.4. The molecule has 0 aliphatic rings. The molecule has 0 bridgehead atoms. The third-order valence-electron chi connectivity index (χ3n) is 2.74. The van der Waals surface area contributed by atoms with Crippen molar-refractivity contribution in [2.75, 3.05) is 19.6 Å². The van der Waals surface area contributed by atoms with Gasteiger partial charge in [0.15, 0.2) is 0 Å². The van der Waals surface area contributed by atoms with Gasteiger partial charge in [-0.1, -0.05) is 37.3 Å². The standard InChI is InChI=1S/C15H21FN2O/c1-4-18(10-12(2)3)11-15(19)17-9-13-7-5-6-8-14(13)16/h5-8H,2,4,9-11H2,1,3H3,(H,17,19). The van der Waals surface area contributed by atoms with Gasteiger partial charge in [-0.2, -0.15) is 0 Å². The summed E-state index contributed by atoms with van der Waals surface area (Å²) in [7, 11) is 0. The van der Waals surface area contributed by atoms with E-state index >= 15 is 0 Å². The second-order valence-electron chi connectivity index (χ2n) is 4.63. The van der Waals surface area contributed by atoms with Gasteiger partial charge in [0, 0.05) is 18.7 Å². The lowest BCUT2D eigenvalue weighted by atomic mass is 10.2. The first-order chi connectivity index (χ1) is 9.02. The van der Waals surface area contributed by atoms with Gasteiger partial charge in [-0.05, 0) is 19.5 Å². The van der Waals surface area contributed by atoms with Gasteiger partial charge in [0.05, 0.1) is 6.54 Å². The largest absolute Gasteiger partial charge is 0.351 e. The number of benzene rings is 1. The topological polar surface area (TPSA) is 32.3 Å². The third-order valence-corrected chi connectivity index (χ3v) is 2.74. The van der Waals surface area contributed by atoms with E-state index < -0.39 is 0 Å². The van der Waals surface area contributed by atoms with E-state index in [2.05, 4.69) is 11.9 Å². The zero-order chi connectivity index (χ0) is 14.3. The van der Waals surface area contributed by atoms with Crippen LogP contribution in [0.4, 0.5) is 4.39 Å². The fourth-order valence-corrected chi connectivity index (χ4v) is 1.76. The van der Waals surface area contributed by atoms with Crippen LogP contribution in [-0.2, 0) is 11.3 Å². The van der Waals surface area contributed by atoms with E-state index in [1.165, 1.54) is 6.07 Å². The summed E-state index contributed by atoms with van der Waals surface area (Å²) < 4.78 is 13.4. The van der Waals surface area contributed by atoms with Crippen LogP contribution in [0, 0.1) is 5.82 Å². The summed E-state index contributed by atoms with van der Waals surface area (Å²) in [6.45, 7) is 9.75. The maximum atomic E-state index is 13.4. The Labute approximate surface area is 114 Å². The summed E-state index contributed by atoms with van der Waals surface area (Å²) in [5.41, 5.74) is 1.52. The van der Waals surface area contributed by atoms with Crippen LogP contribution < -0.4 is 5.32 Å². The number of nitrogens with one attached hydrogen (secondary N) is 1. The maximum Gasteiger partial charge on any atom is 0.234 e. The second-order valence-corrected chi connectivity index (χ2v) is 4.63. The number of amides is 1. The Morgan fingerprint density at radius 3 is 2.63 bits per heavy atom. The molecule has 0 unspecified atom stereocenters. The smallest absolute Gasteiger partial charge is 0.234 e. The van der Waals surface area contributed by atoms with Gasteiger partial charge in [0.2, 0.25) is 5.91 Å². The lowest BCUT2D eigenvalue weighted by molar-refractivity contribution is -0.122. The van der Waals surface area contributed by atoms with Crippen LogP contribution in [0.5, 0.6) is 0 Å². The fourth-order valence-electron chi connectivity index (χ4n) is 1.76. The monoisotopic (exact) mass is 264 g/mol. The van der Waals surface area contributed by atoms with Gasteiger partial charge in [0.25, 0.3) is 0 Å². The van der Waals surface area contributed by atoms with Gasteiger partial charge < -0.3 is 5.32 Å². The molecule has 0 aromatic heterocycles. The molecular formula is C15H21FN2O. The zero-order valence-electron chi connectivity index (χ0n) is 11.6. The molecule has 104 valence electrons. The Morgan fingerprint density at radius 1 is 1.37 bits per heavy atom. The molecule has 0 heterocycles. The van der Waals surface area contributed by atoms with Crippen molar-refractivity contribution in [3.8, 4) is 0 Å². The van der Waals surface area contributed by atoms with Crippen molar-refractivity contribution in [1.82, 2.24) is 10.2 Å². The van der Waals surface area contributed by atoms with E-state index in [1.54, 1.807) is 18.2 Å². The van der Waals surface area contributed by atoms with Crippen molar-refractivity contribution >= 4 is 5.91 Å². The molecular weight excluding hydrogens is 243 g/mol. The molecule has 3 nitrogen and oxygen atoms in total. The first-order valence-corrected chi connectivity index (χ1v) is 6.39. The van der Waals surface area contributed by atoms with E-state index in [0.717, 1.165) is 12.1 Å². The quantitative estimate of drug-likeness (QED) is 0.767. The molecule has 1 amide bonds. The zero-order valence-corrected chi connectivity index (χ0v) is 11.6. The van der Waals surface area contributed by atoms with Crippen molar-refractivity contribution in [3.05, 3.63) is 47.8 Å². The number of hydrogen-bond donors (Lipinski definition) is 1. The summed E-state index contributed by atoms with van der Waals surface area (Å²) in [6.07, 6.45) is 0. The van der Waals surface area contributed by atoms with Crippen molar-refractivity contribution < 1.29 is 9.18 Å². The summed E-state index contributed by atoms with van der Waals surface area (Å²) in [5.74, 6) is -0.400. The Kier molecular flexibility index (Phi) is 6.22. The molecule has 0 aliphatic carbocycles. The molecule has 1 aromatic rings. The number of halogens is 1. The average Bonchev–Trinajstić information content (AvgIpc) is 2.36. The fraction of sp³-hybridized carbons (Fsp3) is 0.400. The first-order valence-electron chi connectivity index (χ1n) is 6.39. The third kappa shape index (κ3) is 5.66. The molecule has 4 heteroatoms. The molecule has 0 saturated carbocycles. The van der Waals surface area contributed by atoms with E-state index in [1.807, 2.05) is 18.7 Å². The molecule has 1 N–H and O–H groups in total. The van der Waals surface area contributed by atoms with Gasteiger partial charge in [-0.15, -0.1) is 0 Å². The van der Waals surface area contributed by atoms with Gasteiger partial charge in [0.1, 0.15) is 5.82 Å². The summed E-state index contributed by atoms with van der Waals surface area (Å²) in [6, 6.07) is 6.44. The highest BCUT2D eigenvalue weighted by Gasteiger charge is 2.09. The van der Waals surface area contributed by atoms with Crippen LogP contribution in [0.15, 0.2) is 36.4 Å². The molecule has 1 aromatic carbocycles. The van der Waals surface area contributed by atoms with Crippen LogP contribution in [-0.4, -0.2) is 30.4 Å². The average molecular weight is 264 g/mol. The predicted molar refractivity (Wildman–Crippen MR) is 75.2 cm³/mol. The predicted octanol–water partition coefficient (Wildman–Crippen LogP) is 2.34. The molecule has 0 radical (unpaired) electrons. The highest BCUT2D eigenvalue weighted by atomic mass is 19.1. The molecule has 0 aliphatic heterocycles. The minimum atomic E-state index is -0.294. The van der Waals surface area contributed by atoms with E-state index in [-0.39, 0.29) is 18.3 Å². The Balaban J connectivity index is 2.43. The number of likely N-dealkylation sites (N-methyl/N-ethyl adjacent to an activating group) is 1. The van der Waals surface area contributed by atoms with Crippen molar-refractivity contribution in [1.29, 1.82) is 0 Å². The SMILES string of the molecule is C=C(C)CN(CC)CC(=O)NCc1ccccc1F. The molecule has 0 saturated heterocycles. The molecule has 19 heavy (non-hydrogen) atoms. The summed E-state index contributed by atoms with van der Waals surface area (Å²) in [5, 5.41) is 2.73. The molecule has 1 rings (SSSR count). The van der Waals surface area contributed by atoms with E-state index in [0.29, 0.717) is 18.7 Å². The highest BCUT2D eigenvalue weighted by Crippen LogP contribution is 2.05. The van der Waals surface area contributed by atoms with Crippen LogP contribution in [0.2, 0.25) is 0 Å². The van der Waals surface area contributed by atoms with Crippen LogP contribution in [0.25, 0.3) is 0 Å². The minimum Gasteiger partial charge on any atom is -0.351 e. The van der Waals surface area contributed by atoms with E-state index in [4.69, 9.17) is 0 Å². The Morgan fingerprint density at radius 2 is 2.05 bits per heavy atom. The van der Waals surface area contributed by atoms with Crippen molar-refractivity contribution in [2.24, 2.45) is 0 Å². The lowest BCUT2D eigenvalue weighted by Gasteiger charge is -2.19. The van der Waals surface area contributed by atoms with Gasteiger partial charge in [-0.3, -0.25) is 9.69 Å². The maximum absolute atomic E-state index is 13.4.